The van der Waals surface area contributed by atoms with Gasteiger partial charge in [-0.05, 0) is 36.4 Å². The lowest BCUT2D eigenvalue weighted by atomic mass is 10.1. The minimum absolute atomic E-state index is 0.312. The molecule has 0 atom stereocenters. The molecule has 0 aliphatic rings. The number of benzene rings is 2. The first-order valence-corrected chi connectivity index (χ1v) is 6.06. The molecule has 0 aromatic heterocycles. The van der Waals surface area contributed by atoms with Gasteiger partial charge in [-0.25, -0.2) is 4.39 Å². The Morgan fingerprint density at radius 3 is 2.47 bits per heavy atom. The summed E-state index contributed by atoms with van der Waals surface area (Å²) in [6.45, 7) is 0. The highest BCUT2D eigenvalue weighted by Gasteiger charge is 2.10. The lowest BCUT2D eigenvalue weighted by Crippen LogP contribution is -2.25. The molecule has 94 valence electrons. The second-order valence-electron chi connectivity index (χ2n) is 4.03. The number of thiocarbonyl (C=S) groups is 1. The summed E-state index contributed by atoms with van der Waals surface area (Å²) in [7, 11) is 1.81. The third-order valence-corrected chi connectivity index (χ3v) is 3.27. The molecule has 2 aromatic carbocycles. The fraction of sp³-hybridized carbons (Fsp3) is 0.0667. The highest BCUT2D eigenvalue weighted by atomic mass is 32.1. The van der Waals surface area contributed by atoms with Crippen molar-refractivity contribution in [3.8, 4) is 6.07 Å². The van der Waals surface area contributed by atoms with Crippen LogP contribution in [0.3, 0.4) is 0 Å². The molecule has 0 spiro atoms. The van der Waals surface area contributed by atoms with Crippen molar-refractivity contribution in [2.24, 2.45) is 0 Å². The molecule has 0 heterocycles. The summed E-state index contributed by atoms with van der Waals surface area (Å²) in [5.74, 6) is -0.312. The van der Waals surface area contributed by atoms with Gasteiger partial charge in [0.05, 0.1) is 11.6 Å². The van der Waals surface area contributed by atoms with Crippen LogP contribution < -0.4 is 4.90 Å². The van der Waals surface area contributed by atoms with Crippen LogP contribution in [0.25, 0.3) is 0 Å². The predicted molar refractivity (Wildman–Crippen MR) is 77.7 cm³/mol. The molecule has 0 aliphatic heterocycles. The normalized spacial score (nSPS) is 9.74. The fourth-order valence-electron chi connectivity index (χ4n) is 1.69. The first kappa shape index (κ1) is 13.2. The van der Waals surface area contributed by atoms with Gasteiger partial charge in [0.25, 0.3) is 0 Å². The molecule has 2 nitrogen and oxygen atoms in total. The van der Waals surface area contributed by atoms with E-state index in [9.17, 15) is 4.39 Å². The summed E-state index contributed by atoms with van der Waals surface area (Å²) in [6.07, 6.45) is 0. The van der Waals surface area contributed by atoms with E-state index in [4.69, 9.17) is 17.5 Å². The van der Waals surface area contributed by atoms with Crippen molar-refractivity contribution < 1.29 is 4.39 Å². The molecule has 0 radical (unpaired) electrons. The standard InChI is InChI=1S/C15H11FN2S/c1-18(14-7-5-11(10-17)6-8-14)15(19)12-3-2-4-13(16)9-12/h2-9H,1H3. The maximum Gasteiger partial charge on any atom is 0.123 e. The van der Waals surface area contributed by atoms with Gasteiger partial charge in [-0.2, -0.15) is 5.26 Å². The van der Waals surface area contributed by atoms with Gasteiger partial charge in [0.2, 0.25) is 0 Å². The molecule has 0 unspecified atom stereocenters. The zero-order valence-electron chi connectivity index (χ0n) is 10.3. The van der Waals surface area contributed by atoms with Gasteiger partial charge in [0.15, 0.2) is 0 Å². The molecule has 19 heavy (non-hydrogen) atoms. The zero-order valence-corrected chi connectivity index (χ0v) is 11.1. The number of rotatable bonds is 2. The van der Waals surface area contributed by atoms with Crippen molar-refractivity contribution in [3.05, 3.63) is 65.5 Å². The molecule has 0 fully saturated rings. The van der Waals surface area contributed by atoms with E-state index < -0.39 is 0 Å². The Morgan fingerprint density at radius 1 is 1.21 bits per heavy atom. The van der Waals surface area contributed by atoms with E-state index in [1.807, 2.05) is 19.2 Å². The van der Waals surface area contributed by atoms with Gasteiger partial charge in [-0.3, -0.25) is 0 Å². The third kappa shape index (κ3) is 2.95. The van der Waals surface area contributed by atoms with Crippen LogP contribution in [-0.4, -0.2) is 12.0 Å². The van der Waals surface area contributed by atoms with Crippen LogP contribution in [0.2, 0.25) is 0 Å². The van der Waals surface area contributed by atoms with E-state index in [-0.39, 0.29) is 5.82 Å². The largest absolute Gasteiger partial charge is 0.335 e. The smallest absolute Gasteiger partial charge is 0.123 e. The van der Waals surface area contributed by atoms with E-state index in [0.29, 0.717) is 16.1 Å². The maximum absolute atomic E-state index is 13.2. The Hall–Kier alpha value is -2.25. The van der Waals surface area contributed by atoms with Crippen LogP contribution in [0, 0.1) is 17.1 Å². The Kier molecular flexibility index (Phi) is 3.88. The van der Waals surface area contributed by atoms with Crippen LogP contribution in [0.1, 0.15) is 11.1 Å². The van der Waals surface area contributed by atoms with Crippen molar-refractivity contribution in [2.75, 3.05) is 11.9 Å². The predicted octanol–water partition coefficient (Wildman–Crippen LogP) is 3.51. The second-order valence-corrected chi connectivity index (χ2v) is 4.42. The first-order valence-electron chi connectivity index (χ1n) is 5.65. The second kappa shape index (κ2) is 5.59. The van der Waals surface area contributed by atoms with Gasteiger partial charge in [0.1, 0.15) is 10.8 Å². The topological polar surface area (TPSA) is 27.0 Å². The fourth-order valence-corrected chi connectivity index (χ4v) is 1.92. The van der Waals surface area contributed by atoms with E-state index in [0.717, 1.165) is 5.69 Å². The molecule has 4 heteroatoms. The summed E-state index contributed by atoms with van der Waals surface area (Å²) in [6, 6.07) is 15.3. The van der Waals surface area contributed by atoms with Crippen LogP contribution in [-0.2, 0) is 0 Å². The number of halogens is 1. The van der Waals surface area contributed by atoms with Crippen molar-refractivity contribution in [2.45, 2.75) is 0 Å². The first-order chi connectivity index (χ1) is 9.11. The van der Waals surface area contributed by atoms with E-state index in [1.54, 1.807) is 29.2 Å². The highest BCUT2D eigenvalue weighted by Crippen LogP contribution is 2.17. The average Bonchev–Trinajstić information content (AvgIpc) is 2.46. The Morgan fingerprint density at radius 2 is 1.89 bits per heavy atom. The third-order valence-electron chi connectivity index (χ3n) is 2.76. The number of nitriles is 1. The minimum Gasteiger partial charge on any atom is -0.335 e. The minimum atomic E-state index is -0.312. The summed E-state index contributed by atoms with van der Waals surface area (Å²) in [5.41, 5.74) is 2.10. The Balaban J connectivity index is 2.26. The molecule has 0 saturated carbocycles. The summed E-state index contributed by atoms with van der Waals surface area (Å²) in [5, 5.41) is 8.75. The van der Waals surface area contributed by atoms with Crippen molar-refractivity contribution in [3.63, 3.8) is 0 Å². The number of anilines is 1. The number of nitrogens with zero attached hydrogens (tertiary/aromatic N) is 2. The van der Waals surface area contributed by atoms with Gasteiger partial charge in [-0.15, -0.1) is 0 Å². The van der Waals surface area contributed by atoms with Crippen molar-refractivity contribution in [1.29, 1.82) is 5.26 Å². The van der Waals surface area contributed by atoms with Gasteiger partial charge in [0, 0.05) is 18.3 Å². The van der Waals surface area contributed by atoms with Gasteiger partial charge >= 0.3 is 0 Å². The molecule has 2 rings (SSSR count). The van der Waals surface area contributed by atoms with Gasteiger partial charge < -0.3 is 4.90 Å². The molecular formula is C15H11FN2S. The van der Waals surface area contributed by atoms with Gasteiger partial charge in [-0.1, -0.05) is 24.4 Å². The maximum atomic E-state index is 13.2. The average molecular weight is 270 g/mol. The molecule has 0 bridgehead atoms. The lowest BCUT2D eigenvalue weighted by Gasteiger charge is -2.20. The van der Waals surface area contributed by atoms with E-state index >= 15 is 0 Å². The van der Waals surface area contributed by atoms with Crippen molar-refractivity contribution >= 4 is 22.9 Å². The van der Waals surface area contributed by atoms with E-state index in [2.05, 4.69) is 6.07 Å². The van der Waals surface area contributed by atoms with Crippen LogP contribution in [0.4, 0.5) is 10.1 Å². The molecular weight excluding hydrogens is 259 g/mol. The summed E-state index contributed by atoms with van der Waals surface area (Å²) < 4.78 is 13.2. The Bertz CT molecular complexity index is 644. The Labute approximate surface area is 116 Å². The molecule has 0 aliphatic carbocycles. The molecule has 0 saturated heterocycles. The van der Waals surface area contributed by atoms with Crippen molar-refractivity contribution in [1.82, 2.24) is 0 Å². The summed E-state index contributed by atoms with van der Waals surface area (Å²) >= 11 is 5.34. The van der Waals surface area contributed by atoms with Crippen LogP contribution in [0.15, 0.2) is 48.5 Å². The van der Waals surface area contributed by atoms with Crippen LogP contribution >= 0.6 is 12.2 Å². The molecule has 2 aromatic rings. The lowest BCUT2D eigenvalue weighted by molar-refractivity contribution is 0.627. The zero-order chi connectivity index (χ0) is 13.8. The number of hydrogen-bond acceptors (Lipinski definition) is 2. The van der Waals surface area contributed by atoms with Crippen LogP contribution in [0.5, 0.6) is 0 Å². The molecule has 0 amide bonds. The number of hydrogen-bond donors (Lipinski definition) is 0. The van der Waals surface area contributed by atoms with E-state index in [1.165, 1.54) is 12.1 Å². The highest BCUT2D eigenvalue weighted by molar-refractivity contribution is 7.81. The SMILES string of the molecule is CN(C(=S)c1cccc(F)c1)c1ccc(C#N)cc1. The molecule has 0 N–H and O–H groups in total. The monoisotopic (exact) mass is 270 g/mol. The summed E-state index contributed by atoms with van der Waals surface area (Å²) in [4.78, 5) is 2.31. The quantitative estimate of drug-likeness (QED) is 0.781.